The van der Waals surface area contributed by atoms with Gasteiger partial charge in [-0.15, -0.1) is 0 Å². The first kappa shape index (κ1) is 28.7. The molecule has 6 aromatic rings. The van der Waals surface area contributed by atoms with Crippen LogP contribution < -0.4 is 18.9 Å². The zero-order valence-corrected chi connectivity index (χ0v) is 24.9. The number of methoxy groups -OCH3 is 2. The van der Waals surface area contributed by atoms with E-state index in [4.69, 9.17) is 28.9 Å². The molecule has 0 radical (unpaired) electrons. The lowest BCUT2D eigenvalue weighted by Crippen LogP contribution is -2.10. The quantitative estimate of drug-likeness (QED) is 0.146. The molecule has 1 heterocycles. The zero-order valence-electron chi connectivity index (χ0n) is 24.9. The van der Waals surface area contributed by atoms with Crippen LogP contribution >= 0.6 is 0 Å². The lowest BCUT2D eigenvalue weighted by Gasteiger charge is -2.15. The molecular weight excluding hydrogens is 548 g/mol. The highest BCUT2D eigenvalue weighted by atomic mass is 16.5. The monoisotopic (exact) mass is 582 g/mol. The minimum Gasteiger partial charge on any atom is -0.494 e. The molecule has 0 aliphatic rings. The van der Waals surface area contributed by atoms with Gasteiger partial charge in [-0.2, -0.15) is 0 Å². The van der Waals surface area contributed by atoms with Crippen molar-refractivity contribution in [3.63, 3.8) is 0 Å². The van der Waals surface area contributed by atoms with E-state index in [1.54, 1.807) is 14.2 Å². The van der Waals surface area contributed by atoms with E-state index >= 15 is 0 Å². The number of fused-ring (bicyclic) bond motifs is 1. The van der Waals surface area contributed by atoms with Crippen LogP contribution in [0.1, 0.15) is 33.6 Å². The van der Waals surface area contributed by atoms with Gasteiger partial charge in [0, 0.05) is 0 Å². The molecule has 0 bridgehead atoms. The summed E-state index contributed by atoms with van der Waals surface area (Å²) in [7, 11) is 3.24. The molecule has 0 unspecified atom stereocenters. The third kappa shape index (κ3) is 6.98. The molecule has 1 aromatic heterocycles. The average Bonchev–Trinajstić information content (AvgIpc) is 3.08. The third-order valence-corrected chi connectivity index (χ3v) is 7.44. The highest BCUT2D eigenvalue weighted by molar-refractivity contribution is 5.87. The van der Waals surface area contributed by atoms with E-state index in [-0.39, 0.29) is 13.2 Å². The summed E-state index contributed by atoms with van der Waals surface area (Å²) in [6.45, 7) is 0.437. The van der Waals surface area contributed by atoms with Gasteiger partial charge in [-0.1, -0.05) is 84.9 Å². The second-order valence-electron chi connectivity index (χ2n) is 10.5. The highest BCUT2D eigenvalue weighted by Crippen LogP contribution is 2.32. The second kappa shape index (κ2) is 13.7. The number of nitrogens with zero attached hydrogens (tertiary/aromatic N) is 2. The normalized spacial score (nSPS) is 10.9. The number of rotatable bonds is 12. The van der Waals surface area contributed by atoms with Gasteiger partial charge in [-0.25, -0.2) is 9.97 Å². The number of hydrogen-bond acceptors (Lipinski definition) is 6. The van der Waals surface area contributed by atoms with E-state index in [0.29, 0.717) is 33.9 Å². The molecule has 5 aromatic carbocycles. The Kier molecular flexibility index (Phi) is 8.98. The smallest absolute Gasteiger partial charge is 0.146 e. The van der Waals surface area contributed by atoms with Crippen molar-refractivity contribution in [2.24, 2.45) is 0 Å². The van der Waals surface area contributed by atoms with Crippen molar-refractivity contribution >= 4 is 11.0 Å². The van der Waals surface area contributed by atoms with Crippen molar-refractivity contribution < 1.29 is 18.9 Å². The minimum atomic E-state index is 0.218. The Balaban J connectivity index is 1.21. The van der Waals surface area contributed by atoms with Gasteiger partial charge >= 0.3 is 0 Å². The molecule has 0 aliphatic heterocycles. The average molecular weight is 583 g/mol. The van der Waals surface area contributed by atoms with Crippen LogP contribution in [0.25, 0.3) is 11.0 Å². The van der Waals surface area contributed by atoms with E-state index in [9.17, 15) is 0 Å². The second-order valence-corrected chi connectivity index (χ2v) is 10.5. The summed E-state index contributed by atoms with van der Waals surface area (Å²) in [6, 6.07) is 40.8. The largest absolute Gasteiger partial charge is 0.494 e. The Morgan fingerprint density at radius 3 is 1.16 bits per heavy atom. The number of aromatic nitrogens is 2. The summed E-state index contributed by atoms with van der Waals surface area (Å²) in [6.07, 6.45) is 1.74. The Labute approximate surface area is 257 Å². The van der Waals surface area contributed by atoms with Crippen molar-refractivity contribution in [2.75, 3.05) is 14.2 Å². The van der Waals surface area contributed by atoms with Crippen molar-refractivity contribution in [1.82, 2.24) is 9.97 Å². The minimum absolute atomic E-state index is 0.218. The Morgan fingerprint density at radius 2 is 0.795 bits per heavy atom. The van der Waals surface area contributed by atoms with Gasteiger partial charge in [0.25, 0.3) is 0 Å². The summed E-state index contributed by atoms with van der Waals surface area (Å²) >= 11 is 0. The van der Waals surface area contributed by atoms with E-state index < -0.39 is 0 Å². The Hall–Kier alpha value is -5.36. The zero-order chi connectivity index (χ0) is 30.1. The van der Waals surface area contributed by atoms with Gasteiger partial charge < -0.3 is 18.9 Å². The molecule has 6 rings (SSSR count). The number of hydrogen-bond donors (Lipinski definition) is 0. The summed E-state index contributed by atoms with van der Waals surface area (Å²) in [5.74, 6) is 2.73. The third-order valence-electron chi connectivity index (χ3n) is 7.44. The van der Waals surface area contributed by atoms with E-state index in [1.807, 2.05) is 48.5 Å². The molecule has 44 heavy (non-hydrogen) atoms. The predicted molar refractivity (Wildman–Crippen MR) is 173 cm³/mol. The SMILES string of the molecule is COc1ccc(OC)c2nc(COc3ccc(Cc4ccccc4)cc3)c(COc3ccc(Cc4ccccc4)cc3)nc12. The molecule has 6 nitrogen and oxygen atoms in total. The van der Waals surface area contributed by atoms with Crippen LogP contribution in [-0.2, 0) is 26.1 Å². The summed E-state index contributed by atoms with van der Waals surface area (Å²) in [5.41, 5.74) is 7.52. The molecular formula is C38H34N2O4. The van der Waals surface area contributed by atoms with Crippen LogP contribution in [0.4, 0.5) is 0 Å². The summed E-state index contributed by atoms with van der Waals surface area (Å²) in [5, 5.41) is 0. The molecule has 0 amide bonds. The van der Waals surface area contributed by atoms with Gasteiger partial charge in [-0.05, 0) is 71.5 Å². The van der Waals surface area contributed by atoms with Crippen LogP contribution in [0.15, 0.2) is 121 Å². The highest BCUT2D eigenvalue weighted by Gasteiger charge is 2.17. The fourth-order valence-corrected chi connectivity index (χ4v) is 5.09. The lowest BCUT2D eigenvalue weighted by molar-refractivity contribution is 0.277. The topological polar surface area (TPSA) is 62.7 Å². The van der Waals surface area contributed by atoms with Crippen LogP contribution in [-0.4, -0.2) is 24.2 Å². The predicted octanol–water partition coefficient (Wildman–Crippen LogP) is 7.99. The maximum absolute atomic E-state index is 6.21. The van der Waals surface area contributed by atoms with Crippen molar-refractivity contribution in [1.29, 1.82) is 0 Å². The molecule has 220 valence electrons. The van der Waals surface area contributed by atoms with Crippen LogP contribution in [0, 0.1) is 0 Å². The fourth-order valence-electron chi connectivity index (χ4n) is 5.09. The van der Waals surface area contributed by atoms with Gasteiger partial charge in [0.2, 0.25) is 0 Å². The van der Waals surface area contributed by atoms with Gasteiger partial charge in [0.05, 0.1) is 14.2 Å². The van der Waals surface area contributed by atoms with Crippen LogP contribution in [0.5, 0.6) is 23.0 Å². The first-order valence-electron chi connectivity index (χ1n) is 14.6. The Bertz CT molecular complexity index is 1670. The summed E-state index contributed by atoms with van der Waals surface area (Å²) < 4.78 is 23.6. The maximum Gasteiger partial charge on any atom is 0.146 e. The first-order chi connectivity index (χ1) is 21.7. The van der Waals surface area contributed by atoms with Crippen molar-refractivity contribution in [2.45, 2.75) is 26.1 Å². The molecule has 0 aliphatic carbocycles. The van der Waals surface area contributed by atoms with Crippen molar-refractivity contribution in [3.05, 3.63) is 155 Å². The first-order valence-corrected chi connectivity index (χ1v) is 14.6. The van der Waals surface area contributed by atoms with Crippen molar-refractivity contribution in [3.8, 4) is 23.0 Å². The molecule has 0 saturated heterocycles. The molecule has 6 heteroatoms. The molecule has 0 atom stereocenters. The van der Waals surface area contributed by atoms with Gasteiger partial charge in [-0.3, -0.25) is 0 Å². The molecule has 0 fully saturated rings. The van der Waals surface area contributed by atoms with Crippen LogP contribution in [0.3, 0.4) is 0 Å². The Morgan fingerprint density at radius 1 is 0.432 bits per heavy atom. The maximum atomic E-state index is 6.21. The summed E-state index contributed by atoms with van der Waals surface area (Å²) in [4.78, 5) is 9.89. The molecule has 0 N–H and O–H groups in total. The van der Waals surface area contributed by atoms with Gasteiger partial charge in [0.1, 0.15) is 58.6 Å². The number of benzene rings is 5. The lowest BCUT2D eigenvalue weighted by atomic mass is 10.1. The fraction of sp³-hybridized carbons (Fsp3) is 0.158. The van der Waals surface area contributed by atoms with Crippen LogP contribution in [0.2, 0.25) is 0 Å². The number of ether oxygens (including phenoxy) is 4. The van der Waals surface area contributed by atoms with Gasteiger partial charge in [0.15, 0.2) is 0 Å². The van der Waals surface area contributed by atoms with E-state index in [1.165, 1.54) is 22.3 Å². The molecule has 0 saturated carbocycles. The molecule has 0 spiro atoms. The standard InChI is InChI=1S/C38H34N2O4/c1-41-35-21-22-36(42-2)38-37(35)39-33(25-43-31-17-13-29(14-18-31)23-27-9-5-3-6-10-27)34(40-38)26-44-32-19-15-30(16-20-32)24-28-11-7-4-8-12-28/h3-22H,23-26H2,1-2H3. The van der Waals surface area contributed by atoms with E-state index in [0.717, 1.165) is 24.3 Å². The van der Waals surface area contributed by atoms with E-state index in [2.05, 4.69) is 72.8 Å².